The summed E-state index contributed by atoms with van der Waals surface area (Å²) in [4.78, 5) is 0. The van der Waals surface area contributed by atoms with E-state index in [4.69, 9.17) is 24.4 Å². The van der Waals surface area contributed by atoms with Gasteiger partial charge in [0.1, 0.15) is 8.64 Å². The number of hydrogen-bond donors (Lipinski definition) is 4. The van der Waals surface area contributed by atoms with Gasteiger partial charge in [0.15, 0.2) is 0 Å². The molecule has 2 aliphatic carbocycles. The topological polar surface area (TPSA) is 24.1 Å². The van der Waals surface area contributed by atoms with Crippen LogP contribution < -0.4 is 10.6 Å². The maximum atomic E-state index is 4.83. The second-order valence-electron chi connectivity index (χ2n) is 5.57. The number of nitrogens with one attached hydrogen (secondary N) is 2. The van der Waals surface area contributed by atoms with Crippen LogP contribution >= 0.6 is 49.7 Å². The Morgan fingerprint density at radius 3 is 1.19 bits per heavy atom. The second-order valence-corrected chi connectivity index (χ2v) is 7.88. The molecule has 0 unspecified atom stereocenters. The molecule has 0 amide bonds. The fourth-order valence-electron chi connectivity index (χ4n) is 2.84. The third-order valence-corrected chi connectivity index (χ3v) is 4.36. The Balaban J connectivity index is 0.000000364. The summed E-state index contributed by atoms with van der Waals surface area (Å²) in [6.45, 7) is 0. The van der Waals surface area contributed by atoms with E-state index in [2.05, 4.69) is 35.9 Å². The van der Waals surface area contributed by atoms with Gasteiger partial charge in [-0.2, -0.15) is 0 Å². The predicted molar refractivity (Wildman–Crippen MR) is 109 cm³/mol. The first-order chi connectivity index (χ1) is 9.58. The van der Waals surface area contributed by atoms with Crippen molar-refractivity contribution in [3.8, 4) is 0 Å². The quantitative estimate of drug-likeness (QED) is 0.275. The van der Waals surface area contributed by atoms with Gasteiger partial charge in [-0.25, -0.2) is 0 Å². The molecule has 2 saturated carbocycles. The summed E-state index contributed by atoms with van der Waals surface area (Å²) in [5, 5.41) is 6.35. The average molecular weight is 478 g/mol. The van der Waals surface area contributed by atoms with Crippen LogP contribution in [0.5, 0.6) is 0 Å². The first kappa shape index (κ1) is 22.3. The summed E-state index contributed by atoms with van der Waals surface area (Å²) in [7, 11) is 0. The second kappa shape index (κ2) is 13.7. The molecule has 122 valence electrons. The molecule has 21 heavy (non-hydrogen) atoms. The van der Waals surface area contributed by atoms with Crippen LogP contribution in [0.2, 0.25) is 0 Å². The zero-order valence-corrected chi connectivity index (χ0v) is 18.1. The molecule has 2 rings (SSSR count). The van der Waals surface area contributed by atoms with Crippen molar-refractivity contribution in [1.29, 1.82) is 0 Å². The van der Waals surface area contributed by atoms with Crippen molar-refractivity contribution in [2.75, 3.05) is 0 Å². The Hall–Kier alpha value is 1.27. The molecule has 0 aromatic heterocycles. The average Bonchev–Trinajstić information content (AvgIpc) is 2.40. The van der Waals surface area contributed by atoms with Gasteiger partial charge in [0, 0.05) is 35.8 Å². The van der Waals surface area contributed by atoms with Gasteiger partial charge in [-0.1, -0.05) is 63.0 Å². The molecular formula is C14H26N2S4Te. The minimum atomic E-state index is 0. The van der Waals surface area contributed by atoms with E-state index in [0.717, 1.165) is 0 Å². The summed E-state index contributed by atoms with van der Waals surface area (Å²) in [5.41, 5.74) is 0. The van der Waals surface area contributed by atoms with Crippen LogP contribution in [-0.4, -0.2) is 44.4 Å². The number of rotatable bonds is 2. The van der Waals surface area contributed by atoms with Crippen molar-refractivity contribution in [1.82, 2.24) is 10.6 Å². The van der Waals surface area contributed by atoms with Crippen LogP contribution in [0.15, 0.2) is 0 Å². The Kier molecular flexibility index (Phi) is 14.5. The van der Waals surface area contributed by atoms with Gasteiger partial charge in [-0.3, -0.25) is 0 Å². The van der Waals surface area contributed by atoms with Gasteiger partial charge in [0.25, 0.3) is 0 Å². The monoisotopic (exact) mass is 480 g/mol. The van der Waals surface area contributed by atoms with Crippen LogP contribution in [0.3, 0.4) is 0 Å². The smallest absolute Gasteiger partial charge is 0.130 e. The maximum Gasteiger partial charge on any atom is 0.130 e. The van der Waals surface area contributed by atoms with E-state index in [1.54, 1.807) is 0 Å². The molecule has 0 atom stereocenters. The standard InChI is InChI=1S/2C7H13NS2.Te/c2*9-7(10)8-6-4-2-1-3-5-6;/h2*6H,1-5H2,(H2,8,9,10);. The van der Waals surface area contributed by atoms with Crippen LogP contribution in [0.1, 0.15) is 64.2 Å². The Labute approximate surface area is 167 Å². The van der Waals surface area contributed by atoms with Crippen LogP contribution in [0.25, 0.3) is 0 Å². The molecule has 7 heteroatoms. The molecule has 0 saturated heterocycles. The summed E-state index contributed by atoms with van der Waals surface area (Å²) in [6.07, 6.45) is 13.2. The minimum absolute atomic E-state index is 0. The van der Waals surface area contributed by atoms with Crippen LogP contribution in [-0.2, 0) is 0 Å². The third-order valence-electron chi connectivity index (χ3n) is 3.87. The van der Waals surface area contributed by atoms with Crippen molar-refractivity contribution in [3.05, 3.63) is 0 Å². The minimum Gasteiger partial charge on any atom is -0.368 e. The Morgan fingerprint density at radius 2 is 0.952 bits per heavy atom. The van der Waals surface area contributed by atoms with Crippen molar-refractivity contribution in [2.24, 2.45) is 0 Å². The van der Waals surface area contributed by atoms with Gasteiger partial charge in [-0.15, -0.1) is 25.3 Å². The van der Waals surface area contributed by atoms with Crippen molar-refractivity contribution < 1.29 is 0 Å². The molecule has 0 heterocycles. The number of thiol groups is 2. The first-order valence-corrected chi connectivity index (χ1v) is 9.28. The van der Waals surface area contributed by atoms with E-state index in [1.165, 1.54) is 64.2 Å². The van der Waals surface area contributed by atoms with Crippen molar-refractivity contribution in [3.63, 3.8) is 0 Å². The normalized spacial score (nSPS) is 19.5. The molecule has 2 aliphatic rings. The van der Waals surface area contributed by atoms with E-state index in [1.807, 2.05) is 0 Å². The van der Waals surface area contributed by atoms with E-state index in [9.17, 15) is 0 Å². The summed E-state index contributed by atoms with van der Waals surface area (Å²) in [6, 6.07) is 1.22. The zero-order valence-electron chi connectivity index (χ0n) is 12.3. The SMILES string of the molecule is S=C(S)NC1CCCCC1.S=C(S)NC1CCCCC1.[Te]. The van der Waals surface area contributed by atoms with E-state index >= 15 is 0 Å². The molecular weight excluding hydrogens is 452 g/mol. The van der Waals surface area contributed by atoms with Gasteiger partial charge in [0.2, 0.25) is 0 Å². The molecule has 0 aromatic carbocycles. The van der Waals surface area contributed by atoms with E-state index < -0.39 is 0 Å². The summed E-state index contributed by atoms with van der Waals surface area (Å²) in [5.74, 6) is 0. The predicted octanol–water partition coefficient (Wildman–Crippen LogP) is 3.87. The number of thiocarbonyl (C=S) groups is 2. The van der Waals surface area contributed by atoms with E-state index in [-0.39, 0.29) is 23.7 Å². The molecule has 2 nitrogen and oxygen atoms in total. The molecule has 0 aromatic rings. The molecule has 0 aliphatic heterocycles. The Morgan fingerprint density at radius 1 is 0.667 bits per heavy atom. The van der Waals surface area contributed by atoms with Gasteiger partial charge < -0.3 is 10.6 Å². The van der Waals surface area contributed by atoms with Gasteiger partial charge in [-0.05, 0) is 25.7 Å². The van der Waals surface area contributed by atoms with Gasteiger partial charge in [0.05, 0.1) is 0 Å². The largest absolute Gasteiger partial charge is 0.368 e. The summed E-state index contributed by atoms with van der Waals surface area (Å²) >= 11 is 17.7. The van der Waals surface area contributed by atoms with Crippen molar-refractivity contribution >= 4 is 82.0 Å². The van der Waals surface area contributed by atoms with Crippen LogP contribution in [0.4, 0.5) is 0 Å². The van der Waals surface area contributed by atoms with Crippen molar-refractivity contribution in [2.45, 2.75) is 76.3 Å². The molecule has 2 N–H and O–H groups in total. The third kappa shape index (κ3) is 12.4. The maximum absolute atomic E-state index is 4.83. The summed E-state index contributed by atoms with van der Waals surface area (Å²) < 4.78 is 1.29. The molecule has 2 fully saturated rings. The molecule has 0 bridgehead atoms. The molecule has 2 radical (unpaired) electrons. The molecule has 0 spiro atoms. The van der Waals surface area contributed by atoms with Gasteiger partial charge >= 0.3 is 0 Å². The van der Waals surface area contributed by atoms with E-state index in [0.29, 0.717) is 20.7 Å². The van der Waals surface area contributed by atoms with Crippen LogP contribution in [0, 0.1) is 0 Å². The zero-order chi connectivity index (χ0) is 14.8. The Bertz CT molecular complexity index is 273. The fraction of sp³-hybridized carbons (Fsp3) is 0.857. The number of hydrogen-bond acceptors (Lipinski definition) is 2. The first-order valence-electron chi connectivity index (χ1n) is 7.57. The fourth-order valence-corrected chi connectivity index (χ4v) is 3.54.